The average Bonchev–Trinajstić information content (AvgIpc) is 2.40. The first-order valence-electron chi connectivity index (χ1n) is 5.22. The van der Waals surface area contributed by atoms with Crippen molar-refractivity contribution in [1.29, 1.82) is 0 Å². The lowest BCUT2D eigenvalue weighted by atomic mass is 10.1. The first-order chi connectivity index (χ1) is 8.91. The first kappa shape index (κ1) is 12.6. The number of hydrogen-bond acceptors (Lipinski definition) is 6. The first-order valence-corrected chi connectivity index (χ1v) is 5.22. The summed E-state index contributed by atoms with van der Waals surface area (Å²) in [5.74, 6) is -1.37. The van der Waals surface area contributed by atoms with Gasteiger partial charge in [-0.3, -0.25) is 10.1 Å². The van der Waals surface area contributed by atoms with Gasteiger partial charge in [-0.15, -0.1) is 0 Å². The summed E-state index contributed by atoms with van der Waals surface area (Å²) in [5, 5.41) is 29.3. The molecule has 0 fully saturated rings. The van der Waals surface area contributed by atoms with Crippen molar-refractivity contribution in [3.8, 4) is 22.8 Å². The van der Waals surface area contributed by atoms with E-state index >= 15 is 0 Å². The predicted molar refractivity (Wildman–Crippen MR) is 65.1 cm³/mol. The van der Waals surface area contributed by atoms with E-state index in [0.717, 1.165) is 0 Å². The van der Waals surface area contributed by atoms with E-state index in [1.165, 1.54) is 31.2 Å². The monoisotopic (exact) mass is 263 g/mol. The van der Waals surface area contributed by atoms with Crippen LogP contribution in [0.4, 0.5) is 5.69 Å². The molecule has 0 aliphatic carbocycles. The molecule has 2 N–H and O–H groups in total. The summed E-state index contributed by atoms with van der Waals surface area (Å²) in [6.45, 7) is 1.45. The number of benzene rings is 1. The molecule has 0 aliphatic heterocycles. The van der Waals surface area contributed by atoms with E-state index in [-0.39, 0.29) is 17.0 Å². The molecule has 7 nitrogen and oxygen atoms in total. The molecule has 98 valence electrons. The molecule has 19 heavy (non-hydrogen) atoms. The predicted octanol–water partition coefficient (Wildman–Crippen LogP) is 1.93. The fourth-order valence-electron chi connectivity index (χ4n) is 1.61. The number of hydrogen-bond donors (Lipinski definition) is 2. The number of nitrogens with zero attached hydrogens (tertiary/aromatic N) is 1. The van der Waals surface area contributed by atoms with Gasteiger partial charge in [0.05, 0.1) is 4.92 Å². The molecule has 7 heteroatoms. The highest BCUT2D eigenvalue weighted by Gasteiger charge is 2.17. The average molecular weight is 263 g/mol. The van der Waals surface area contributed by atoms with E-state index < -0.39 is 22.0 Å². The summed E-state index contributed by atoms with van der Waals surface area (Å²) in [5.41, 5.74) is -0.621. The van der Waals surface area contributed by atoms with Gasteiger partial charge >= 0.3 is 5.63 Å². The Bertz CT molecular complexity index is 701. The lowest BCUT2D eigenvalue weighted by Crippen LogP contribution is -2.01. The second kappa shape index (κ2) is 4.45. The molecule has 0 saturated heterocycles. The summed E-state index contributed by atoms with van der Waals surface area (Å²) in [6.07, 6.45) is 0. The Morgan fingerprint density at radius 1 is 1.16 bits per heavy atom. The molecule has 0 unspecified atom stereocenters. The number of nitro benzene ring substituents is 1. The molecule has 0 spiro atoms. The zero-order chi connectivity index (χ0) is 14.2. The lowest BCUT2D eigenvalue weighted by molar-refractivity contribution is -0.384. The van der Waals surface area contributed by atoms with E-state index in [4.69, 9.17) is 4.42 Å². The highest BCUT2D eigenvalue weighted by Crippen LogP contribution is 2.33. The van der Waals surface area contributed by atoms with Gasteiger partial charge in [-0.1, -0.05) is 0 Å². The smallest absolute Gasteiger partial charge is 0.382 e. The Hall–Kier alpha value is -2.83. The maximum absolute atomic E-state index is 11.3. The minimum atomic E-state index is -1.07. The van der Waals surface area contributed by atoms with Gasteiger partial charge in [-0.2, -0.15) is 0 Å². The van der Waals surface area contributed by atoms with Gasteiger partial charge in [0.1, 0.15) is 5.76 Å². The Morgan fingerprint density at radius 2 is 1.74 bits per heavy atom. The molecule has 2 rings (SSSR count). The minimum absolute atomic E-state index is 0.0511. The van der Waals surface area contributed by atoms with E-state index in [2.05, 4.69) is 0 Å². The molecule has 0 saturated carbocycles. The fraction of sp³-hybridized carbons (Fsp3) is 0.0833. The SMILES string of the molecule is Cc1c(-c2ccc([N+](=O)[O-])cc2)oc(=O)c(O)c1O. The van der Waals surface area contributed by atoms with E-state index in [1.807, 2.05) is 0 Å². The Kier molecular flexibility index (Phi) is 2.95. The summed E-state index contributed by atoms with van der Waals surface area (Å²) in [6, 6.07) is 5.27. The Labute approximate surface area is 106 Å². The molecule has 2 aromatic rings. The third-order valence-corrected chi connectivity index (χ3v) is 2.65. The van der Waals surface area contributed by atoms with Crippen molar-refractivity contribution in [3.63, 3.8) is 0 Å². The van der Waals surface area contributed by atoms with E-state index in [9.17, 15) is 25.1 Å². The number of nitro groups is 1. The molecule has 1 aromatic heterocycles. The maximum Gasteiger partial charge on any atom is 0.382 e. The highest BCUT2D eigenvalue weighted by molar-refractivity contribution is 5.66. The lowest BCUT2D eigenvalue weighted by Gasteiger charge is -2.06. The molecular formula is C12H9NO6. The Morgan fingerprint density at radius 3 is 2.26 bits per heavy atom. The maximum atomic E-state index is 11.3. The normalized spacial score (nSPS) is 10.4. The molecule has 0 amide bonds. The second-order valence-corrected chi connectivity index (χ2v) is 3.84. The van der Waals surface area contributed by atoms with Crippen molar-refractivity contribution in [2.75, 3.05) is 0 Å². The van der Waals surface area contributed by atoms with Crippen molar-refractivity contribution < 1.29 is 19.6 Å². The van der Waals surface area contributed by atoms with Gasteiger partial charge in [-0.05, 0) is 19.1 Å². The summed E-state index contributed by atoms with van der Waals surface area (Å²) in [7, 11) is 0. The zero-order valence-electron chi connectivity index (χ0n) is 9.78. The van der Waals surface area contributed by atoms with Crippen LogP contribution in [0.3, 0.4) is 0 Å². The molecule has 0 atom stereocenters. The second-order valence-electron chi connectivity index (χ2n) is 3.84. The van der Waals surface area contributed by atoms with Crippen LogP contribution in [-0.4, -0.2) is 15.1 Å². The quantitative estimate of drug-likeness (QED) is 0.632. The van der Waals surface area contributed by atoms with E-state index in [1.54, 1.807) is 0 Å². The number of aromatic hydroxyl groups is 2. The fourth-order valence-corrected chi connectivity index (χ4v) is 1.61. The minimum Gasteiger partial charge on any atom is -0.504 e. The molecule has 0 radical (unpaired) electrons. The molecule has 0 aliphatic rings. The number of non-ortho nitro benzene ring substituents is 1. The number of rotatable bonds is 2. The zero-order valence-corrected chi connectivity index (χ0v) is 9.78. The summed E-state index contributed by atoms with van der Waals surface area (Å²) in [4.78, 5) is 21.2. The van der Waals surface area contributed by atoms with Crippen LogP contribution in [0.15, 0.2) is 33.5 Å². The van der Waals surface area contributed by atoms with Crippen LogP contribution < -0.4 is 5.63 Å². The van der Waals surface area contributed by atoms with Crippen molar-refractivity contribution in [2.24, 2.45) is 0 Å². The van der Waals surface area contributed by atoms with Crippen molar-refractivity contribution in [2.45, 2.75) is 6.92 Å². The van der Waals surface area contributed by atoms with Crippen molar-refractivity contribution >= 4 is 5.69 Å². The van der Waals surface area contributed by atoms with Crippen LogP contribution in [0.5, 0.6) is 11.5 Å². The molecular weight excluding hydrogens is 254 g/mol. The largest absolute Gasteiger partial charge is 0.504 e. The third-order valence-electron chi connectivity index (χ3n) is 2.65. The van der Waals surface area contributed by atoms with Crippen LogP contribution in [0.25, 0.3) is 11.3 Å². The standard InChI is InChI=1S/C12H9NO6/c1-6-9(14)10(15)12(16)19-11(6)7-2-4-8(5-3-7)13(17)18/h2-5,14-15H,1H3. The molecule has 1 heterocycles. The van der Waals surface area contributed by atoms with Gasteiger partial charge in [0.15, 0.2) is 5.75 Å². The van der Waals surface area contributed by atoms with Gasteiger partial charge in [0, 0.05) is 23.3 Å². The van der Waals surface area contributed by atoms with Crippen LogP contribution in [0.2, 0.25) is 0 Å². The van der Waals surface area contributed by atoms with Crippen molar-refractivity contribution in [3.05, 3.63) is 50.4 Å². The third kappa shape index (κ3) is 2.13. The molecule has 1 aromatic carbocycles. The van der Waals surface area contributed by atoms with Gasteiger partial charge < -0.3 is 14.6 Å². The van der Waals surface area contributed by atoms with Crippen LogP contribution >= 0.6 is 0 Å². The van der Waals surface area contributed by atoms with Gasteiger partial charge in [0.2, 0.25) is 5.75 Å². The topological polar surface area (TPSA) is 114 Å². The van der Waals surface area contributed by atoms with Crippen molar-refractivity contribution in [1.82, 2.24) is 0 Å². The highest BCUT2D eigenvalue weighted by atomic mass is 16.6. The van der Waals surface area contributed by atoms with Crippen LogP contribution in [0.1, 0.15) is 5.56 Å². The summed E-state index contributed by atoms with van der Waals surface area (Å²) < 4.78 is 4.87. The van der Waals surface area contributed by atoms with Crippen LogP contribution in [-0.2, 0) is 0 Å². The van der Waals surface area contributed by atoms with E-state index in [0.29, 0.717) is 5.56 Å². The summed E-state index contributed by atoms with van der Waals surface area (Å²) >= 11 is 0. The van der Waals surface area contributed by atoms with Gasteiger partial charge in [0.25, 0.3) is 5.69 Å². The molecule has 0 bridgehead atoms. The Balaban J connectivity index is 2.59. The van der Waals surface area contributed by atoms with Crippen LogP contribution in [0, 0.1) is 17.0 Å². The van der Waals surface area contributed by atoms with Gasteiger partial charge in [-0.25, -0.2) is 4.79 Å².